The normalized spacial score (nSPS) is 11.3. The molecule has 0 aromatic rings. The SMILES string of the molecule is O=C(CCCCCCCCCCCCCCCCCCCCCCCCCCCCCCCCCCCCl)NO. The number of hydroxylamine groups is 1. The highest BCUT2D eigenvalue weighted by Gasteiger charge is 1.99. The van der Waals surface area contributed by atoms with Crippen molar-refractivity contribution in [1.29, 1.82) is 0 Å². The van der Waals surface area contributed by atoms with Crippen molar-refractivity contribution in [1.82, 2.24) is 5.48 Å². The lowest BCUT2D eigenvalue weighted by Gasteiger charge is -2.05. The highest BCUT2D eigenvalue weighted by molar-refractivity contribution is 6.17. The van der Waals surface area contributed by atoms with Gasteiger partial charge in [0.15, 0.2) is 0 Å². The van der Waals surface area contributed by atoms with E-state index in [-0.39, 0.29) is 5.91 Å². The molecule has 0 saturated heterocycles. The van der Waals surface area contributed by atoms with Gasteiger partial charge in [-0.2, -0.15) is 0 Å². The topological polar surface area (TPSA) is 49.3 Å². The van der Waals surface area contributed by atoms with Gasteiger partial charge in [-0.1, -0.05) is 199 Å². The van der Waals surface area contributed by atoms with Gasteiger partial charge in [0.05, 0.1) is 0 Å². The summed E-state index contributed by atoms with van der Waals surface area (Å²) < 4.78 is 0. The third-order valence-corrected chi connectivity index (χ3v) is 8.93. The number of carbonyl (C=O) groups is 1. The van der Waals surface area contributed by atoms with Crippen LogP contribution in [0.25, 0.3) is 0 Å². The number of unbranched alkanes of at least 4 members (excludes halogenated alkanes) is 32. The number of hydrogen-bond acceptors (Lipinski definition) is 2. The highest BCUT2D eigenvalue weighted by Crippen LogP contribution is 2.17. The minimum absolute atomic E-state index is 0.255. The number of rotatable bonds is 35. The minimum Gasteiger partial charge on any atom is -0.289 e. The first-order valence-corrected chi connectivity index (χ1v) is 18.8. The van der Waals surface area contributed by atoms with Gasteiger partial charge >= 0.3 is 0 Å². The van der Waals surface area contributed by atoms with Gasteiger partial charge in [0.2, 0.25) is 5.91 Å². The molecule has 0 heterocycles. The maximum atomic E-state index is 10.9. The largest absolute Gasteiger partial charge is 0.289 e. The first-order chi connectivity index (χ1) is 19.8. The quantitative estimate of drug-likeness (QED) is 0.0336. The summed E-state index contributed by atoms with van der Waals surface area (Å²) in [5, 5.41) is 8.46. The van der Waals surface area contributed by atoms with E-state index in [1.165, 1.54) is 199 Å². The first-order valence-electron chi connectivity index (χ1n) is 18.3. The van der Waals surface area contributed by atoms with Crippen LogP contribution in [0.15, 0.2) is 0 Å². The summed E-state index contributed by atoms with van der Waals surface area (Å²) in [7, 11) is 0. The summed E-state index contributed by atoms with van der Waals surface area (Å²) in [4.78, 5) is 10.9. The molecule has 0 radical (unpaired) electrons. The molecule has 0 atom stereocenters. The molecule has 0 unspecified atom stereocenters. The van der Waals surface area contributed by atoms with E-state index in [9.17, 15) is 4.79 Å². The molecule has 0 aliphatic heterocycles. The van der Waals surface area contributed by atoms with Gasteiger partial charge in [0.1, 0.15) is 0 Å². The maximum Gasteiger partial charge on any atom is 0.243 e. The zero-order valence-corrected chi connectivity index (χ0v) is 27.7. The Kier molecular flexibility index (Phi) is 36.5. The zero-order valence-electron chi connectivity index (χ0n) is 27.0. The van der Waals surface area contributed by atoms with E-state index < -0.39 is 0 Å². The van der Waals surface area contributed by atoms with E-state index in [2.05, 4.69) is 0 Å². The van der Waals surface area contributed by atoms with Gasteiger partial charge in [0, 0.05) is 12.3 Å². The number of alkyl halides is 1. The van der Waals surface area contributed by atoms with Crippen molar-refractivity contribution in [2.45, 2.75) is 218 Å². The van der Waals surface area contributed by atoms with Gasteiger partial charge in [-0.15, -0.1) is 11.6 Å². The fourth-order valence-corrected chi connectivity index (χ4v) is 6.11. The number of halogens is 1. The Labute approximate surface area is 256 Å². The lowest BCUT2D eigenvalue weighted by molar-refractivity contribution is -0.129. The van der Waals surface area contributed by atoms with Gasteiger partial charge < -0.3 is 0 Å². The van der Waals surface area contributed by atoms with Crippen LogP contribution in [-0.2, 0) is 4.79 Å². The molecule has 4 heteroatoms. The summed E-state index contributed by atoms with van der Waals surface area (Å²) in [5.41, 5.74) is 1.70. The maximum absolute atomic E-state index is 10.9. The summed E-state index contributed by atoms with van der Waals surface area (Å²) in [5.74, 6) is 0.584. The molecule has 0 bridgehead atoms. The lowest BCUT2D eigenvalue weighted by Crippen LogP contribution is -2.17. The Morgan fingerprint density at radius 2 is 0.525 bits per heavy atom. The van der Waals surface area contributed by atoms with E-state index in [1.807, 2.05) is 0 Å². The van der Waals surface area contributed by atoms with Gasteiger partial charge in [-0.05, 0) is 12.8 Å². The van der Waals surface area contributed by atoms with E-state index in [4.69, 9.17) is 16.8 Å². The van der Waals surface area contributed by atoms with E-state index in [0.717, 1.165) is 18.7 Å². The number of nitrogens with one attached hydrogen (secondary N) is 1. The monoisotopic (exact) mass is 586 g/mol. The standard InChI is InChI=1S/C36H72ClNO2/c37-35-33-31-29-27-25-23-21-19-17-15-13-11-9-7-5-3-1-2-4-6-8-10-12-14-16-18-20-22-24-26-28-30-32-34-36(39)38-40/h40H,1-35H2,(H,38,39). The van der Waals surface area contributed by atoms with E-state index >= 15 is 0 Å². The zero-order chi connectivity index (χ0) is 29.0. The van der Waals surface area contributed by atoms with Crippen molar-refractivity contribution < 1.29 is 10.0 Å². The lowest BCUT2D eigenvalue weighted by atomic mass is 10.0. The van der Waals surface area contributed by atoms with Gasteiger partial charge in [-0.25, -0.2) is 5.48 Å². The average molecular weight is 586 g/mol. The van der Waals surface area contributed by atoms with Gasteiger partial charge in [0.25, 0.3) is 0 Å². The van der Waals surface area contributed by atoms with Crippen LogP contribution in [0.2, 0.25) is 0 Å². The van der Waals surface area contributed by atoms with Crippen molar-refractivity contribution in [2.75, 3.05) is 5.88 Å². The fourth-order valence-electron chi connectivity index (χ4n) is 5.92. The third kappa shape index (κ3) is 35.7. The molecular formula is C36H72ClNO2. The predicted octanol–water partition coefficient (Wildman–Crippen LogP) is 13.0. The van der Waals surface area contributed by atoms with Crippen LogP contribution < -0.4 is 5.48 Å². The Morgan fingerprint density at radius 1 is 0.350 bits per heavy atom. The third-order valence-electron chi connectivity index (χ3n) is 8.66. The van der Waals surface area contributed by atoms with Crippen molar-refractivity contribution in [3.8, 4) is 0 Å². The second-order valence-electron chi connectivity index (χ2n) is 12.6. The fraction of sp³-hybridized carbons (Fsp3) is 0.972. The molecule has 0 aliphatic carbocycles. The summed E-state index contributed by atoms with van der Waals surface area (Å²) in [6.07, 6.45) is 46.4. The first kappa shape index (κ1) is 39.7. The molecule has 240 valence electrons. The molecule has 0 spiro atoms. The van der Waals surface area contributed by atoms with Crippen molar-refractivity contribution in [2.24, 2.45) is 0 Å². The minimum atomic E-state index is -0.255. The summed E-state index contributed by atoms with van der Waals surface area (Å²) in [6, 6.07) is 0. The smallest absolute Gasteiger partial charge is 0.243 e. The molecule has 0 rings (SSSR count). The van der Waals surface area contributed by atoms with Crippen LogP contribution in [0.1, 0.15) is 218 Å². The van der Waals surface area contributed by atoms with Crippen molar-refractivity contribution in [3.05, 3.63) is 0 Å². The Hall–Kier alpha value is -0.280. The number of hydrogen-bond donors (Lipinski definition) is 2. The Morgan fingerprint density at radius 3 is 0.700 bits per heavy atom. The molecule has 1 amide bonds. The Bertz CT molecular complexity index is 474. The molecule has 0 aliphatic rings. The van der Waals surface area contributed by atoms with Crippen LogP contribution in [0.4, 0.5) is 0 Å². The van der Waals surface area contributed by atoms with Crippen LogP contribution in [0.5, 0.6) is 0 Å². The summed E-state index contributed by atoms with van der Waals surface area (Å²) >= 11 is 5.72. The van der Waals surface area contributed by atoms with Crippen LogP contribution in [0.3, 0.4) is 0 Å². The average Bonchev–Trinajstić information content (AvgIpc) is 2.97. The van der Waals surface area contributed by atoms with E-state index in [1.54, 1.807) is 5.48 Å². The number of carbonyl (C=O) groups excluding carboxylic acids is 1. The molecule has 2 N–H and O–H groups in total. The number of amides is 1. The van der Waals surface area contributed by atoms with Crippen molar-refractivity contribution >= 4 is 17.5 Å². The summed E-state index contributed by atoms with van der Waals surface area (Å²) in [6.45, 7) is 0. The molecule has 0 aromatic carbocycles. The predicted molar refractivity (Wildman–Crippen MR) is 178 cm³/mol. The Balaban J connectivity index is 3.04. The van der Waals surface area contributed by atoms with Crippen LogP contribution >= 0.6 is 11.6 Å². The second-order valence-corrected chi connectivity index (χ2v) is 13.0. The van der Waals surface area contributed by atoms with Crippen molar-refractivity contribution in [3.63, 3.8) is 0 Å². The molecule has 0 fully saturated rings. The van der Waals surface area contributed by atoms with Crippen LogP contribution in [0, 0.1) is 0 Å². The molecule has 0 saturated carbocycles. The molecular weight excluding hydrogens is 514 g/mol. The van der Waals surface area contributed by atoms with E-state index in [0.29, 0.717) is 6.42 Å². The molecule has 0 aromatic heterocycles. The highest BCUT2D eigenvalue weighted by atomic mass is 35.5. The molecule has 40 heavy (non-hydrogen) atoms. The van der Waals surface area contributed by atoms with Gasteiger partial charge in [-0.3, -0.25) is 10.0 Å². The molecule has 3 nitrogen and oxygen atoms in total. The van der Waals surface area contributed by atoms with Crippen LogP contribution in [-0.4, -0.2) is 17.0 Å². The second kappa shape index (κ2) is 36.7.